The average molecular weight is 341 g/mol. The number of likely N-dealkylation sites (tertiary alicyclic amines) is 1. The van der Waals surface area contributed by atoms with Gasteiger partial charge in [0.05, 0.1) is 19.7 Å². The van der Waals surface area contributed by atoms with Crippen LogP contribution < -0.4 is 4.74 Å². The maximum Gasteiger partial charge on any atom is 0.316 e. The molecule has 130 valence electrons. The summed E-state index contributed by atoms with van der Waals surface area (Å²) in [5.41, 5.74) is 0.939. The summed E-state index contributed by atoms with van der Waals surface area (Å²) in [6.07, 6.45) is 6.14. The van der Waals surface area contributed by atoms with Crippen molar-refractivity contribution in [2.45, 2.75) is 31.5 Å². The number of hydrogen-bond acceptors (Lipinski definition) is 7. The lowest BCUT2D eigenvalue weighted by molar-refractivity contribution is -0.174. The molecule has 2 aromatic rings. The van der Waals surface area contributed by atoms with Gasteiger partial charge in [0.15, 0.2) is 0 Å². The molecule has 0 aromatic carbocycles. The molecule has 1 amide bonds. The molecule has 0 radical (unpaired) electrons. The lowest BCUT2D eigenvalue weighted by Gasteiger charge is -2.52. The molecule has 2 saturated heterocycles. The van der Waals surface area contributed by atoms with Crippen LogP contribution in [0, 0.1) is 6.92 Å². The SMILES string of the molecule is Cc1ccnc(OC2CCOC3(C2)CN(C(=O)c2ccncn2)C3)n1. The molecule has 1 unspecified atom stereocenters. The molecule has 0 aliphatic carbocycles. The highest BCUT2D eigenvalue weighted by atomic mass is 16.5. The summed E-state index contributed by atoms with van der Waals surface area (Å²) in [5.74, 6) is -0.0957. The zero-order chi connectivity index (χ0) is 17.3. The maximum atomic E-state index is 12.4. The molecule has 2 aliphatic heterocycles. The first kappa shape index (κ1) is 15.9. The number of ether oxygens (including phenoxy) is 2. The van der Waals surface area contributed by atoms with Gasteiger partial charge in [-0.1, -0.05) is 0 Å². The fraction of sp³-hybridized carbons (Fsp3) is 0.471. The predicted octanol–water partition coefficient (Wildman–Crippen LogP) is 1.03. The molecule has 1 atom stereocenters. The topological polar surface area (TPSA) is 90.3 Å². The summed E-state index contributed by atoms with van der Waals surface area (Å²) in [4.78, 5) is 30.4. The largest absolute Gasteiger partial charge is 0.460 e. The number of carbonyl (C=O) groups is 1. The van der Waals surface area contributed by atoms with Crippen LogP contribution in [0.25, 0.3) is 0 Å². The van der Waals surface area contributed by atoms with Crippen molar-refractivity contribution in [1.29, 1.82) is 0 Å². The molecule has 2 aliphatic rings. The van der Waals surface area contributed by atoms with Gasteiger partial charge >= 0.3 is 6.01 Å². The van der Waals surface area contributed by atoms with E-state index in [9.17, 15) is 4.79 Å². The molecular weight excluding hydrogens is 322 g/mol. The maximum absolute atomic E-state index is 12.4. The van der Waals surface area contributed by atoms with Crippen LogP contribution in [0.4, 0.5) is 0 Å². The van der Waals surface area contributed by atoms with Crippen LogP contribution in [0.5, 0.6) is 6.01 Å². The number of carbonyl (C=O) groups excluding carboxylic acids is 1. The Kier molecular flexibility index (Phi) is 4.04. The predicted molar refractivity (Wildman–Crippen MR) is 87.0 cm³/mol. The molecule has 2 aromatic heterocycles. The molecule has 2 fully saturated rings. The van der Waals surface area contributed by atoms with Gasteiger partial charge in [-0.3, -0.25) is 4.79 Å². The van der Waals surface area contributed by atoms with Crippen molar-refractivity contribution in [3.63, 3.8) is 0 Å². The van der Waals surface area contributed by atoms with E-state index in [2.05, 4.69) is 19.9 Å². The van der Waals surface area contributed by atoms with Crippen LogP contribution >= 0.6 is 0 Å². The van der Waals surface area contributed by atoms with E-state index < -0.39 is 0 Å². The number of rotatable bonds is 3. The Bertz CT molecular complexity index is 764. The van der Waals surface area contributed by atoms with Crippen molar-refractivity contribution in [1.82, 2.24) is 24.8 Å². The summed E-state index contributed by atoms with van der Waals surface area (Å²) in [6, 6.07) is 3.85. The van der Waals surface area contributed by atoms with Gasteiger partial charge in [0.2, 0.25) is 0 Å². The third-order valence-electron chi connectivity index (χ3n) is 4.54. The molecular formula is C17H19N5O3. The zero-order valence-electron chi connectivity index (χ0n) is 14.0. The van der Waals surface area contributed by atoms with E-state index in [0.717, 1.165) is 18.5 Å². The number of hydrogen-bond donors (Lipinski definition) is 0. The second kappa shape index (κ2) is 6.36. The quantitative estimate of drug-likeness (QED) is 0.823. The van der Waals surface area contributed by atoms with Gasteiger partial charge in [-0.2, -0.15) is 0 Å². The Balaban J connectivity index is 1.37. The fourth-order valence-corrected chi connectivity index (χ4v) is 3.31. The molecule has 4 heterocycles. The van der Waals surface area contributed by atoms with Gasteiger partial charge in [-0.05, 0) is 19.1 Å². The van der Waals surface area contributed by atoms with Gasteiger partial charge in [0, 0.05) is 30.9 Å². The Labute approximate surface area is 145 Å². The number of aromatic nitrogens is 4. The lowest BCUT2D eigenvalue weighted by Crippen LogP contribution is -2.67. The van der Waals surface area contributed by atoms with E-state index >= 15 is 0 Å². The van der Waals surface area contributed by atoms with Crippen molar-refractivity contribution in [2.24, 2.45) is 0 Å². The van der Waals surface area contributed by atoms with Crippen LogP contribution in [0.2, 0.25) is 0 Å². The minimum Gasteiger partial charge on any atom is -0.460 e. The highest BCUT2D eigenvalue weighted by Crippen LogP contribution is 2.35. The van der Waals surface area contributed by atoms with Crippen molar-refractivity contribution in [3.8, 4) is 6.01 Å². The average Bonchev–Trinajstić information content (AvgIpc) is 2.60. The van der Waals surface area contributed by atoms with E-state index in [-0.39, 0.29) is 17.6 Å². The fourth-order valence-electron chi connectivity index (χ4n) is 3.31. The highest BCUT2D eigenvalue weighted by Gasteiger charge is 2.50. The van der Waals surface area contributed by atoms with E-state index in [4.69, 9.17) is 9.47 Å². The van der Waals surface area contributed by atoms with Crippen LogP contribution in [0.3, 0.4) is 0 Å². The Morgan fingerprint density at radius 3 is 2.96 bits per heavy atom. The van der Waals surface area contributed by atoms with Crippen molar-refractivity contribution < 1.29 is 14.3 Å². The number of aryl methyl sites for hydroxylation is 1. The molecule has 8 heteroatoms. The van der Waals surface area contributed by atoms with Crippen LogP contribution in [0.15, 0.2) is 30.9 Å². The summed E-state index contributed by atoms with van der Waals surface area (Å²) >= 11 is 0. The smallest absolute Gasteiger partial charge is 0.316 e. The standard InChI is InChI=1S/C17H19N5O3/c1-12-2-6-19-16(21-12)25-13-4-7-24-17(8-13)9-22(10-17)15(23)14-3-5-18-11-20-14/h2-3,5-6,11,13H,4,7-10H2,1H3. The third-order valence-corrected chi connectivity index (χ3v) is 4.54. The van der Waals surface area contributed by atoms with Crippen molar-refractivity contribution >= 4 is 5.91 Å². The molecule has 4 rings (SSSR count). The Morgan fingerprint density at radius 1 is 1.32 bits per heavy atom. The molecule has 8 nitrogen and oxygen atoms in total. The van der Waals surface area contributed by atoms with E-state index in [1.54, 1.807) is 23.4 Å². The summed E-state index contributed by atoms with van der Waals surface area (Å²) in [7, 11) is 0. The molecule has 0 N–H and O–H groups in total. The number of amides is 1. The van der Waals surface area contributed by atoms with Crippen molar-refractivity contribution in [3.05, 3.63) is 42.2 Å². The Morgan fingerprint density at radius 2 is 2.20 bits per heavy atom. The molecule has 0 bridgehead atoms. The molecule has 25 heavy (non-hydrogen) atoms. The lowest BCUT2D eigenvalue weighted by atomic mass is 9.84. The minimum atomic E-state index is -0.338. The van der Waals surface area contributed by atoms with Gasteiger partial charge in [-0.15, -0.1) is 0 Å². The van der Waals surface area contributed by atoms with Crippen LogP contribution in [-0.4, -0.2) is 62.1 Å². The van der Waals surface area contributed by atoms with E-state index in [1.807, 2.05) is 13.0 Å². The Hall–Kier alpha value is -2.61. The molecule has 0 saturated carbocycles. The van der Waals surface area contributed by atoms with Crippen molar-refractivity contribution in [2.75, 3.05) is 19.7 Å². The van der Waals surface area contributed by atoms with Gasteiger partial charge in [-0.25, -0.2) is 19.9 Å². The second-order valence-electron chi connectivity index (χ2n) is 6.50. The van der Waals surface area contributed by atoms with Crippen LogP contribution in [-0.2, 0) is 4.74 Å². The summed E-state index contributed by atoms with van der Waals surface area (Å²) in [5, 5.41) is 0. The van der Waals surface area contributed by atoms with E-state index in [0.29, 0.717) is 31.4 Å². The monoisotopic (exact) mass is 341 g/mol. The normalized spacial score (nSPS) is 21.6. The highest BCUT2D eigenvalue weighted by molar-refractivity contribution is 5.92. The first-order chi connectivity index (χ1) is 12.1. The minimum absolute atomic E-state index is 0.00754. The van der Waals surface area contributed by atoms with Gasteiger partial charge in [0.1, 0.15) is 23.7 Å². The number of nitrogens with zero attached hydrogens (tertiary/aromatic N) is 5. The van der Waals surface area contributed by atoms with Gasteiger partial charge in [0.25, 0.3) is 5.91 Å². The summed E-state index contributed by atoms with van der Waals surface area (Å²) < 4.78 is 11.9. The van der Waals surface area contributed by atoms with E-state index in [1.165, 1.54) is 6.33 Å². The first-order valence-corrected chi connectivity index (χ1v) is 8.29. The van der Waals surface area contributed by atoms with Gasteiger partial charge < -0.3 is 14.4 Å². The van der Waals surface area contributed by atoms with Crippen LogP contribution in [0.1, 0.15) is 29.0 Å². The molecule has 1 spiro atoms. The second-order valence-corrected chi connectivity index (χ2v) is 6.50. The summed E-state index contributed by atoms with van der Waals surface area (Å²) in [6.45, 7) is 3.60. The zero-order valence-corrected chi connectivity index (χ0v) is 14.0. The third kappa shape index (κ3) is 3.30. The first-order valence-electron chi connectivity index (χ1n) is 8.29.